The van der Waals surface area contributed by atoms with Gasteiger partial charge < -0.3 is 19.7 Å². The molecule has 2 amide bonds. The van der Waals surface area contributed by atoms with Crippen LogP contribution >= 0.6 is 0 Å². The third-order valence-corrected chi connectivity index (χ3v) is 4.13. The normalized spacial score (nSPS) is 13.9. The molecule has 1 fully saturated rings. The molecule has 0 unspecified atom stereocenters. The van der Waals surface area contributed by atoms with Crippen LogP contribution in [0.1, 0.15) is 16.8 Å². The number of hydrogen-bond donors (Lipinski definition) is 1. The minimum absolute atomic E-state index is 0.0381. The van der Waals surface area contributed by atoms with Gasteiger partial charge in [-0.05, 0) is 48.5 Å². The number of rotatable bonds is 6. The third-order valence-electron chi connectivity index (χ3n) is 4.13. The molecule has 2 aromatic carbocycles. The highest BCUT2D eigenvalue weighted by Crippen LogP contribution is 2.14. The number of hydrogen-bond acceptors (Lipinski definition) is 4. The topological polar surface area (TPSA) is 67.9 Å². The zero-order valence-electron chi connectivity index (χ0n) is 14.8. The molecule has 0 saturated carbocycles. The summed E-state index contributed by atoms with van der Waals surface area (Å²) in [6, 6.07) is 12.4. The van der Waals surface area contributed by atoms with E-state index >= 15 is 0 Å². The number of ether oxygens (including phenoxy) is 2. The molecule has 27 heavy (non-hydrogen) atoms. The smallest absolute Gasteiger partial charge is 0.254 e. The number of amides is 2. The van der Waals surface area contributed by atoms with Crippen LogP contribution in [0.5, 0.6) is 5.75 Å². The summed E-state index contributed by atoms with van der Waals surface area (Å²) in [4.78, 5) is 26.1. The first-order chi connectivity index (χ1) is 13.1. The minimum Gasteiger partial charge on any atom is -0.493 e. The van der Waals surface area contributed by atoms with Crippen molar-refractivity contribution in [3.63, 3.8) is 0 Å². The monoisotopic (exact) mass is 372 g/mol. The zero-order chi connectivity index (χ0) is 19.1. The summed E-state index contributed by atoms with van der Waals surface area (Å²) < 4.78 is 23.5. The standard InChI is InChI=1S/C20H21FN2O4/c21-16-3-7-18(8-4-16)27-12-9-19(24)22-17-5-1-15(2-6-17)20(25)23-10-13-26-14-11-23/h1-8H,9-14H2,(H,22,24). The van der Waals surface area contributed by atoms with Crippen LogP contribution < -0.4 is 10.1 Å². The SMILES string of the molecule is O=C(CCOc1ccc(F)cc1)Nc1ccc(C(=O)N2CCOCC2)cc1. The van der Waals surface area contributed by atoms with Crippen molar-refractivity contribution < 1.29 is 23.5 Å². The van der Waals surface area contributed by atoms with Crippen molar-refractivity contribution in [3.8, 4) is 5.75 Å². The van der Waals surface area contributed by atoms with Gasteiger partial charge in [0, 0.05) is 24.3 Å². The van der Waals surface area contributed by atoms with Gasteiger partial charge in [0.05, 0.1) is 26.2 Å². The maximum absolute atomic E-state index is 12.8. The quantitative estimate of drug-likeness (QED) is 0.847. The number of nitrogens with one attached hydrogen (secondary N) is 1. The van der Waals surface area contributed by atoms with E-state index in [-0.39, 0.29) is 30.7 Å². The van der Waals surface area contributed by atoms with Gasteiger partial charge in [-0.3, -0.25) is 9.59 Å². The second kappa shape index (κ2) is 9.14. The second-order valence-electron chi connectivity index (χ2n) is 6.08. The highest BCUT2D eigenvalue weighted by molar-refractivity contribution is 5.95. The average Bonchev–Trinajstić information content (AvgIpc) is 2.70. The van der Waals surface area contributed by atoms with Crippen LogP contribution in [0, 0.1) is 5.82 Å². The molecule has 0 bridgehead atoms. The van der Waals surface area contributed by atoms with Crippen molar-refractivity contribution in [2.24, 2.45) is 0 Å². The fourth-order valence-electron chi connectivity index (χ4n) is 2.66. The average molecular weight is 372 g/mol. The summed E-state index contributed by atoms with van der Waals surface area (Å²) in [7, 11) is 0. The Bertz CT molecular complexity index is 772. The summed E-state index contributed by atoms with van der Waals surface area (Å²) in [6.45, 7) is 2.47. The van der Waals surface area contributed by atoms with Gasteiger partial charge in [-0.25, -0.2) is 4.39 Å². The van der Waals surface area contributed by atoms with Crippen LogP contribution in [-0.2, 0) is 9.53 Å². The predicted octanol–water partition coefficient (Wildman–Crippen LogP) is 2.71. The Hall–Kier alpha value is -2.93. The predicted molar refractivity (Wildman–Crippen MR) is 98.3 cm³/mol. The highest BCUT2D eigenvalue weighted by Gasteiger charge is 2.18. The molecule has 1 N–H and O–H groups in total. The first-order valence-electron chi connectivity index (χ1n) is 8.77. The fourth-order valence-corrected chi connectivity index (χ4v) is 2.66. The van der Waals surface area contributed by atoms with E-state index in [1.54, 1.807) is 29.2 Å². The van der Waals surface area contributed by atoms with Gasteiger partial charge in [-0.15, -0.1) is 0 Å². The van der Waals surface area contributed by atoms with Crippen molar-refractivity contribution in [3.05, 3.63) is 59.9 Å². The number of carbonyl (C=O) groups is 2. The summed E-state index contributed by atoms with van der Waals surface area (Å²) in [5.41, 5.74) is 1.19. The van der Waals surface area contributed by atoms with Crippen LogP contribution in [0.2, 0.25) is 0 Å². The van der Waals surface area contributed by atoms with Crippen LogP contribution in [0.25, 0.3) is 0 Å². The van der Waals surface area contributed by atoms with Crippen LogP contribution in [-0.4, -0.2) is 49.6 Å². The molecule has 7 heteroatoms. The van der Waals surface area contributed by atoms with E-state index in [2.05, 4.69) is 5.32 Å². The molecule has 1 aliphatic heterocycles. The molecule has 3 rings (SSSR count). The van der Waals surface area contributed by atoms with E-state index in [0.717, 1.165) is 0 Å². The van der Waals surface area contributed by atoms with E-state index in [0.29, 0.717) is 43.3 Å². The van der Waals surface area contributed by atoms with Crippen molar-refractivity contribution >= 4 is 17.5 Å². The molecule has 6 nitrogen and oxygen atoms in total. The van der Waals surface area contributed by atoms with Crippen molar-refractivity contribution in [2.45, 2.75) is 6.42 Å². The molecule has 0 radical (unpaired) electrons. The first kappa shape index (κ1) is 18.8. The maximum atomic E-state index is 12.8. The molecule has 0 aliphatic carbocycles. The molecule has 1 aliphatic rings. The molecule has 0 aromatic heterocycles. The summed E-state index contributed by atoms with van der Waals surface area (Å²) >= 11 is 0. The lowest BCUT2D eigenvalue weighted by Crippen LogP contribution is -2.40. The van der Waals surface area contributed by atoms with E-state index in [9.17, 15) is 14.0 Å². The van der Waals surface area contributed by atoms with Gasteiger partial charge >= 0.3 is 0 Å². The fraction of sp³-hybridized carbons (Fsp3) is 0.300. The van der Waals surface area contributed by atoms with Gasteiger partial charge in [-0.1, -0.05) is 0 Å². The van der Waals surface area contributed by atoms with Gasteiger partial charge in [0.15, 0.2) is 0 Å². The van der Waals surface area contributed by atoms with E-state index in [1.165, 1.54) is 24.3 Å². The molecule has 0 spiro atoms. The number of halogens is 1. The molecule has 142 valence electrons. The van der Waals surface area contributed by atoms with Crippen molar-refractivity contribution in [1.82, 2.24) is 4.90 Å². The van der Waals surface area contributed by atoms with Crippen molar-refractivity contribution in [1.29, 1.82) is 0 Å². The Morgan fingerprint density at radius 2 is 1.70 bits per heavy atom. The van der Waals surface area contributed by atoms with Crippen LogP contribution in [0.15, 0.2) is 48.5 Å². The molecule has 1 saturated heterocycles. The minimum atomic E-state index is -0.337. The zero-order valence-corrected chi connectivity index (χ0v) is 14.8. The van der Waals surface area contributed by atoms with Gasteiger partial charge in [0.2, 0.25) is 5.91 Å². The molecular formula is C20H21FN2O4. The number of benzene rings is 2. The summed E-state index contributed by atoms with van der Waals surface area (Å²) in [6.07, 6.45) is 0.159. The van der Waals surface area contributed by atoms with Gasteiger partial charge in [0.25, 0.3) is 5.91 Å². The summed E-state index contributed by atoms with van der Waals surface area (Å²) in [5, 5.41) is 2.76. The Kier molecular flexibility index (Phi) is 6.38. The largest absolute Gasteiger partial charge is 0.493 e. The van der Waals surface area contributed by atoms with Crippen LogP contribution in [0.3, 0.4) is 0 Å². The van der Waals surface area contributed by atoms with E-state index in [1.807, 2.05) is 0 Å². The van der Waals surface area contributed by atoms with E-state index < -0.39 is 0 Å². The lowest BCUT2D eigenvalue weighted by molar-refractivity contribution is -0.116. The third kappa shape index (κ3) is 5.52. The molecule has 0 atom stereocenters. The molecular weight excluding hydrogens is 351 g/mol. The Labute approximate surface area is 156 Å². The van der Waals surface area contributed by atoms with E-state index in [4.69, 9.17) is 9.47 Å². The number of carbonyl (C=O) groups excluding carboxylic acids is 2. The highest BCUT2D eigenvalue weighted by atomic mass is 19.1. The van der Waals surface area contributed by atoms with Gasteiger partial charge in [-0.2, -0.15) is 0 Å². The molecule has 2 aromatic rings. The number of anilines is 1. The van der Waals surface area contributed by atoms with Crippen LogP contribution in [0.4, 0.5) is 10.1 Å². The van der Waals surface area contributed by atoms with Crippen molar-refractivity contribution in [2.75, 3.05) is 38.2 Å². The Morgan fingerprint density at radius 3 is 2.37 bits per heavy atom. The first-order valence-corrected chi connectivity index (χ1v) is 8.77. The van der Waals surface area contributed by atoms with Gasteiger partial charge in [0.1, 0.15) is 11.6 Å². The number of morpholine rings is 1. The number of nitrogens with zero attached hydrogens (tertiary/aromatic N) is 1. The Morgan fingerprint density at radius 1 is 1.04 bits per heavy atom. The summed E-state index contributed by atoms with van der Waals surface area (Å²) in [5.74, 6) is -0.0703. The second-order valence-corrected chi connectivity index (χ2v) is 6.08. The Balaban J connectivity index is 1.45. The lowest BCUT2D eigenvalue weighted by Gasteiger charge is -2.26. The lowest BCUT2D eigenvalue weighted by atomic mass is 10.1. The molecule has 1 heterocycles. The maximum Gasteiger partial charge on any atom is 0.254 e.